The van der Waals surface area contributed by atoms with Crippen molar-refractivity contribution in [2.45, 2.75) is 6.54 Å². The van der Waals surface area contributed by atoms with Crippen molar-refractivity contribution in [1.29, 1.82) is 0 Å². The summed E-state index contributed by atoms with van der Waals surface area (Å²) in [5, 5.41) is 2.83. The maximum atomic E-state index is 11.9. The first-order valence-corrected chi connectivity index (χ1v) is 6.13. The van der Waals surface area contributed by atoms with Gasteiger partial charge in [-0.3, -0.25) is 9.78 Å². The summed E-state index contributed by atoms with van der Waals surface area (Å²) < 4.78 is 10.4. The molecule has 0 aliphatic carbocycles. The van der Waals surface area contributed by atoms with E-state index in [0.29, 0.717) is 23.6 Å². The molecule has 1 heterocycles. The standard InChI is InChI=1S/C15H16N2O3/c1-19-13-6-11(7-14(8-13)20-2)9-17-15(18)12-4-3-5-16-10-12/h3-8,10H,9H2,1-2H3,(H,17,18). The molecule has 104 valence electrons. The van der Waals surface area contributed by atoms with Gasteiger partial charge in [0.25, 0.3) is 5.91 Å². The van der Waals surface area contributed by atoms with E-state index in [1.807, 2.05) is 12.1 Å². The minimum absolute atomic E-state index is 0.167. The molecule has 0 radical (unpaired) electrons. The quantitative estimate of drug-likeness (QED) is 0.904. The number of ether oxygens (including phenoxy) is 2. The van der Waals surface area contributed by atoms with Crippen molar-refractivity contribution in [2.24, 2.45) is 0 Å². The molecule has 20 heavy (non-hydrogen) atoms. The van der Waals surface area contributed by atoms with Gasteiger partial charge in [-0.2, -0.15) is 0 Å². The Morgan fingerprint density at radius 2 is 1.90 bits per heavy atom. The number of nitrogens with zero attached hydrogens (tertiary/aromatic N) is 1. The lowest BCUT2D eigenvalue weighted by Gasteiger charge is -2.09. The molecular weight excluding hydrogens is 256 g/mol. The molecule has 5 heteroatoms. The van der Waals surface area contributed by atoms with Crippen LogP contribution in [0, 0.1) is 0 Å². The number of rotatable bonds is 5. The van der Waals surface area contributed by atoms with Gasteiger partial charge < -0.3 is 14.8 Å². The number of benzene rings is 1. The summed E-state index contributed by atoms with van der Waals surface area (Å²) in [6.07, 6.45) is 3.16. The van der Waals surface area contributed by atoms with Crippen molar-refractivity contribution >= 4 is 5.91 Å². The molecule has 2 aromatic rings. The molecule has 0 spiro atoms. The normalized spacial score (nSPS) is 9.90. The molecule has 5 nitrogen and oxygen atoms in total. The van der Waals surface area contributed by atoms with Gasteiger partial charge >= 0.3 is 0 Å². The highest BCUT2D eigenvalue weighted by molar-refractivity contribution is 5.93. The summed E-state index contributed by atoms with van der Waals surface area (Å²) in [6.45, 7) is 0.390. The number of hydrogen-bond donors (Lipinski definition) is 1. The third-order valence-corrected chi connectivity index (χ3v) is 2.79. The Kier molecular flexibility index (Phi) is 4.55. The first-order valence-electron chi connectivity index (χ1n) is 6.13. The number of hydrogen-bond acceptors (Lipinski definition) is 4. The van der Waals surface area contributed by atoms with E-state index < -0.39 is 0 Å². The predicted molar refractivity (Wildman–Crippen MR) is 75.0 cm³/mol. The van der Waals surface area contributed by atoms with Crippen LogP contribution in [-0.4, -0.2) is 25.1 Å². The highest BCUT2D eigenvalue weighted by atomic mass is 16.5. The SMILES string of the molecule is COc1cc(CNC(=O)c2cccnc2)cc(OC)c1. The average molecular weight is 272 g/mol. The molecule has 0 fully saturated rings. The molecule has 0 atom stereocenters. The zero-order valence-corrected chi connectivity index (χ0v) is 11.4. The number of carbonyl (C=O) groups excluding carboxylic acids is 1. The van der Waals surface area contributed by atoms with Gasteiger partial charge in [0.05, 0.1) is 19.8 Å². The number of carbonyl (C=O) groups is 1. The summed E-state index contributed by atoms with van der Waals surface area (Å²) in [4.78, 5) is 15.8. The van der Waals surface area contributed by atoms with Crippen LogP contribution in [0.1, 0.15) is 15.9 Å². The number of nitrogens with one attached hydrogen (secondary N) is 1. The maximum Gasteiger partial charge on any atom is 0.253 e. The van der Waals surface area contributed by atoms with Crippen molar-refractivity contribution in [3.8, 4) is 11.5 Å². The summed E-state index contributed by atoms with van der Waals surface area (Å²) in [5.74, 6) is 1.21. The summed E-state index contributed by atoms with van der Waals surface area (Å²) >= 11 is 0. The fraction of sp³-hybridized carbons (Fsp3) is 0.200. The zero-order chi connectivity index (χ0) is 14.4. The molecule has 0 aliphatic heterocycles. The van der Waals surface area contributed by atoms with E-state index in [4.69, 9.17) is 9.47 Å². The van der Waals surface area contributed by atoms with E-state index in [1.165, 1.54) is 6.20 Å². The highest BCUT2D eigenvalue weighted by Gasteiger charge is 2.06. The Balaban J connectivity index is 2.05. The van der Waals surface area contributed by atoms with Crippen LogP contribution in [0.4, 0.5) is 0 Å². The Morgan fingerprint density at radius 1 is 1.20 bits per heavy atom. The summed E-state index contributed by atoms with van der Waals surface area (Å²) in [6, 6.07) is 8.93. The monoisotopic (exact) mass is 272 g/mol. The molecule has 0 aliphatic rings. The van der Waals surface area contributed by atoms with Crippen molar-refractivity contribution in [1.82, 2.24) is 10.3 Å². The minimum atomic E-state index is -0.167. The fourth-order valence-electron chi connectivity index (χ4n) is 1.75. The fourth-order valence-corrected chi connectivity index (χ4v) is 1.75. The summed E-state index contributed by atoms with van der Waals surface area (Å²) in [5.41, 5.74) is 1.43. The van der Waals surface area contributed by atoms with Gasteiger partial charge in [0.1, 0.15) is 11.5 Å². The minimum Gasteiger partial charge on any atom is -0.497 e. The first kappa shape index (κ1) is 13.9. The Bertz CT molecular complexity index is 563. The number of pyridine rings is 1. The lowest BCUT2D eigenvalue weighted by Crippen LogP contribution is -2.22. The molecule has 0 saturated carbocycles. The van der Waals surface area contributed by atoms with Crippen LogP contribution in [-0.2, 0) is 6.54 Å². The molecule has 0 bridgehead atoms. The number of aromatic nitrogens is 1. The summed E-state index contributed by atoms with van der Waals surface area (Å²) in [7, 11) is 3.18. The van der Waals surface area contributed by atoms with Gasteiger partial charge in [-0.05, 0) is 29.8 Å². The molecule has 1 amide bonds. The van der Waals surface area contributed by atoms with Gasteiger partial charge in [0, 0.05) is 25.0 Å². The third kappa shape index (κ3) is 3.47. The molecular formula is C15H16N2O3. The molecule has 0 saturated heterocycles. The van der Waals surface area contributed by atoms with Crippen LogP contribution < -0.4 is 14.8 Å². The molecule has 2 rings (SSSR count). The van der Waals surface area contributed by atoms with Crippen LogP contribution in [0.5, 0.6) is 11.5 Å². The van der Waals surface area contributed by atoms with Crippen LogP contribution in [0.15, 0.2) is 42.7 Å². The Morgan fingerprint density at radius 3 is 2.45 bits per heavy atom. The van der Waals surface area contributed by atoms with Crippen molar-refractivity contribution < 1.29 is 14.3 Å². The Labute approximate surface area is 117 Å². The van der Waals surface area contributed by atoms with Crippen molar-refractivity contribution in [3.63, 3.8) is 0 Å². The van der Waals surface area contributed by atoms with Gasteiger partial charge in [-0.25, -0.2) is 0 Å². The highest BCUT2D eigenvalue weighted by Crippen LogP contribution is 2.22. The van der Waals surface area contributed by atoms with Gasteiger partial charge in [0.15, 0.2) is 0 Å². The van der Waals surface area contributed by atoms with E-state index in [-0.39, 0.29) is 5.91 Å². The van der Waals surface area contributed by atoms with Gasteiger partial charge in [-0.1, -0.05) is 0 Å². The lowest BCUT2D eigenvalue weighted by molar-refractivity contribution is 0.0950. The van der Waals surface area contributed by atoms with E-state index in [1.54, 1.807) is 38.6 Å². The van der Waals surface area contributed by atoms with E-state index in [0.717, 1.165) is 5.56 Å². The number of amides is 1. The van der Waals surface area contributed by atoms with Crippen molar-refractivity contribution in [2.75, 3.05) is 14.2 Å². The molecule has 1 N–H and O–H groups in total. The van der Waals surface area contributed by atoms with Gasteiger partial charge in [-0.15, -0.1) is 0 Å². The van der Waals surface area contributed by atoms with Crippen LogP contribution in [0.25, 0.3) is 0 Å². The largest absolute Gasteiger partial charge is 0.497 e. The zero-order valence-electron chi connectivity index (χ0n) is 11.4. The topological polar surface area (TPSA) is 60.5 Å². The second-order valence-corrected chi connectivity index (χ2v) is 4.15. The Hall–Kier alpha value is -2.56. The predicted octanol–water partition coefficient (Wildman–Crippen LogP) is 2.03. The smallest absolute Gasteiger partial charge is 0.253 e. The van der Waals surface area contributed by atoms with E-state index in [2.05, 4.69) is 10.3 Å². The second-order valence-electron chi connectivity index (χ2n) is 4.15. The van der Waals surface area contributed by atoms with Crippen molar-refractivity contribution in [3.05, 3.63) is 53.9 Å². The van der Waals surface area contributed by atoms with E-state index >= 15 is 0 Å². The van der Waals surface area contributed by atoms with Crippen LogP contribution >= 0.6 is 0 Å². The van der Waals surface area contributed by atoms with Gasteiger partial charge in [0.2, 0.25) is 0 Å². The molecule has 1 aromatic heterocycles. The lowest BCUT2D eigenvalue weighted by atomic mass is 10.2. The molecule has 0 unspecified atom stereocenters. The molecule has 1 aromatic carbocycles. The second kappa shape index (κ2) is 6.56. The first-order chi connectivity index (χ1) is 9.72. The average Bonchev–Trinajstić information content (AvgIpc) is 2.53. The maximum absolute atomic E-state index is 11.9. The van der Waals surface area contributed by atoms with Crippen LogP contribution in [0.2, 0.25) is 0 Å². The van der Waals surface area contributed by atoms with E-state index in [9.17, 15) is 4.79 Å². The van der Waals surface area contributed by atoms with Crippen LogP contribution in [0.3, 0.4) is 0 Å². The number of methoxy groups -OCH3 is 2. The third-order valence-electron chi connectivity index (χ3n) is 2.79.